The Morgan fingerprint density at radius 3 is 2.05 bits per heavy atom. The first-order valence-electron chi connectivity index (χ1n) is 5.87. The number of halogens is 3. The summed E-state index contributed by atoms with van der Waals surface area (Å²) in [5.74, 6) is 0.985. The van der Waals surface area contributed by atoms with Crippen molar-refractivity contribution >= 4 is 0 Å². The molecular weight excluding hydrogens is 283 g/mol. The molecule has 0 aliphatic carbocycles. The van der Waals surface area contributed by atoms with Crippen molar-refractivity contribution in [2.45, 2.75) is 6.18 Å². The molecule has 2 rings (SSSR count). The normalized spacial score (nSPS) is 10.8. The van der Waals surface area contributed by atoms with Crippen molar-refractivity contribution in [1.82, 2.24) is 0 Å². The zero-order valence-electron chi connectivity index (χ0n) is 10.9. The second kappa shape index (κ2) is 5.75. The fourth-order valence-electron chi connectivity index (χ4n) is 1.70. The highest BCUT2D eigenvalue weighted by Gasteiger charge is 2.34. The van der Waals surface area contributed by atoms with E-state index in [1.165, 1.54) is 19.2 Å². The summed E-state index contributed by atoms with van der Waals surface area (Å²) in [6.45, 7) is 0. The molecule has 3 nitrogen and oxygen atoms in total. The van der Waals surface area contributed by atoms with Crippen LogP contribution in [0.2, 0.25) is 0 Å². The van der Waals surface area contributed by atoms with Gasteiger partial charge < -0.3 is 9.47 Å². The largest absolute Gasteiger partial charge is 0.497 e. The molecule has 0 spiro atoms. The lowest BCUT2D eigenvalue weighted by atomic mass is 10.1. The molecule has 0 heterocycles. The number of hydrogen-bond donors (Lipinski definition) is 0. The van der Waals surface area contributed by atoms with Gasteiger partial charge in [-0.2, -0.15) is 18.4 Å². The summed E-state index contributed by atoms with van der Waals surface area (Å²) in [5.41, 5.74) is -1.46. The maximum Gasteiger partial charge on any atom is 0.417 e. The van der Waals surface area contributed by atoms with E-state index in [0.29, 0.717) is 11.5 Å². The van der Waals surface area contributed by atoms with Gasteiger partial charge in [-0.3, -0.25) is 0 Å². The quantitative estimate of drug-likeness (QED) is 0.843. The van der Waals surface area contributed by atoms with Crippen LogP contribution in [0.4, 0.5) is 13.2 Å². The van der Waals surface area contributed by atoms with Gasteiger partial charge in [0.15, 0.2) is 0 Å². The molecule has 2 aromatic carbocycles. The Balaban J connectivity index is 2.30. The van der Waals surface area contributed by atoms with Crippen LogP contribution >= 0.6 is 0 Å². The Bertz CT molecular complexity index is 673. The molecular formula is C15H10F3NO2. The number of hydrogen-bond acceptors (Lipinski definition) is 3. The number of rotatable bonds is 3. The summed E-state index contributed by atoms with van der Waals surface area (Å²) in [6, 6.07) is 11.1. The van der Waals surface area contributed by atoms with Gasteiger partial charge in [0.25, 0.3) is 0 Å². The Labute approximate surface area is 119 Å². The van der Waals surface area contributed by atoms with E-state index in [-0.39, 0.29) is 5.75 Å². The van der Waals surface area contributed by atoms with Crippen LogP contribution in [0.1, 0.15) is 11.1 Å². The van der Waals surface area contributed by atoms with E-state index in [1.807, 2.05) is 0 Å². The smallest absolute Gasteiger partial charge is 0.417 e. The SMILES string of the molecule is COc1ccc(Oc2ccc(C#N)c(C(F)(F)F)c2)cc1. The first kappa shape index (κ1) is 14.7. The molecule has 21 heavy (non-hydrogen) atoms. The van der Waals surface area contributed by atoms with Gasteiger partial charge in [-0.25, -0.2) is 0 Å². The van der Waals surface area contributed by atoms with Crippen LogP contribution in [-0.2, 0) is 6.18 Å². The predicted octanol–water partition coefficient (Wildman–Crippen LogP) is 4.38. The van der Waals surface area contributed by atoms with Crippen molar-refractivity contribution in [2.75, 3.05) is 7.11 Å². The molecule has 0 saturated carbocycles. The molecule has 0 unspecified atom stereocenters. The number of nitriles is 1. The number of alkyl halides is 3. The summed E-state index contributed by atoms with van der Waals surface area (Å²) in [5, 5.41) is 8.72. The number of nitrogens with zero attached hydrogens (tertiary/aromatic N) is 1. The molecule has 0 amide bonds. The van der Waals surface area contributed by atoms with Crippen LogP contribution in [0.5, 0.6) is 17.2 Å². The Hall–Kier alpha value is -2.68. The van der Waals surface area contributed by atoms with Crippen molar-refractivity contribution in [3.63, 3.8) is 0 Å². The zero-order valence-corrected chi connectivity index (χ0v) is 10.9. The lowest BCUT2D eigenvalue weighted by Gasteiger charge is -2.12. The molecule has 0 fully saturated rings. The van der Waals surface area contributed by atoms with Crippen LogP contribution in [-0.4, -0.2) is 7.11 Å². The number of methoxy groups -OCH3 is 1. The van der Waals surface area contributed by atoms with Crippen molar-refractivity contribution in [3.05, 3.63) is 53.6 Å². The first-order chi connectivity index (χ1) is 9.94. The van der Waals surface area contributed by atoms with E-state index >= 15 is 0 Å². The summed E-state index contributed by atoms with van der Waals surface area (Å²) in [7, 11) is 1.51. The standard InChI is InChI=1S/C15H10F3NO2/c1-20-11-4-6-12(7-5-11)21-13-3-2-10(9-19)14(8-13)15(16,17)18/h2-8H,1H3. The summed E-state index contributed by atoms with van der Waals surface area (Å²) in [4.78, 5) is 0. The summed E-state index contributed by atoms with van der Waals surface area (Å²) < 4.78 is 48.8. The van der Waals surface area contributed by atoms with Crippen LogP contribution in [0.3, 0.4) is 0 Å². The average Bonchev–Trinajstić information content (AvgIpc) is 2.47. The third kappa shape index (κ3) is 3.45. The minimum absolute atomic E-state index is 0.00601. The molecule has 0 atom stereocenters. The van der Waals surface area contributed by atoms with Gasteiger partial charge in [-0.05, 0) is 42.5 Å². The summed E-state index contributed by atoms with van der Waals surface area (Å²) >= 11 is 0. The maximum atomic E-state index is 12.8. The highest BCUT2D eigenvalue weighted by molar-refractivity contribution is 5.45. The van der Waals surface area contributed by atoms with E-state index in [9.17, 15) is 13.2 Å². The number of benzene rings is 2. The second-order valence-corrected chi connectivity index (χ2v) is 4.09. The molecule has 0 saturated heterocycles. The molecule has 6 heteroatoms. The average molecular weight is 293 g/mol. The van der Waals surface area contributed by atoms with E-state index in [2.05, 4.69) is 0 Å². The molecule has 0 N–H and O–H groups in total. The van der Waals surface area contributed by atoms with E-state index in [4.69, 9.17) is 14.7 Å². The van der Waals surface area contributed by atoms with Gasteiger partial charge >= 0.3 is 6.18 Å². The minimum Gasteiger partial charge on any atom is -0.497 e. The highest BCUT2D eigenvalue weighted by atomic mass is 19.4. The number of ether oxygens (including phenoxy) is 2. The molecule has 2 aromatic rings. The Morgan fingerprint density at radius 2 is 1.52 bits per heavy atom. The molecule has 0 bridgehead atoms. The third-order valence-electron chi connectivity index (χ3n) is 2.71. The third-order valence-corrected chi connectivity index (χ3v) is 2.71. The maximum absolute atomic E-state index is 12.8. The Kier molecular flexibility index (Phi) is 4.03. The van der Waals surface area contributed by atoms with E-state index < -0.39 is 17.3 Å². The molecule has 0 aromatic heterocycles. The van der Waals surface area contributed by atoms with Crippen LogP contribution in [0.15, 0.2) is 42.5 Å². The topological polar surface area (TPSA) is 42.2 Å². The minimum atomic E-state index is -4.61. The molecule has 0 aliphatic heterocycles. The van der Waals surface area contributed by atoms with Gasteiger partial charge in [0.1, 0.15) is 17.2 Å². The molecule has 0 radical (unpaired) electrons. The molecule has 108 valence electrons. The van der Waals surface area contributed by atoms with Gasteiger partial charge in [0.2, 0.25) is 0 Å². The summed E-state index contributed by atoms with van der Waals surface area (Å²) in [6.07, 6.45) is -4.61. The first-order valence-corrected chi connectivity index (χ1v) is 5.87. The lowest BCUT2D eigenvalue weighted by Crippen LogP contribution is -2.07. The van der Waals surface area contributed by atoms with E-state index in [1.54, 1.807) is 24.3 Å². The van der Waals surface area contributed by atoms with Crippen molar-refractivity contribution in [2.24, 2.45) is 0 Å². The monoisotopic (exact) mass is 293 g/mol. The van der Waals surface area contributed by atoms with Crippen molar-refractivity contribution in [3.8, 4) is 23.3 Å². The lowest BCUT2D eigenvalue weighted by molar-refractivity contribution is -0.137. The predicted molar refractivity (Wildman–Crippen MR) is 69.2 cm³/mol. The van der Waals surface area contributed by atoms with Crippen LogP contribution in [0.25, 0.3) is 0 Å². The molecule has 0 aliphatic rings. The van der Waals surface area contributed by atoms with Gasteiger partial charge in [-0.1, -0.05) is 0 Å². The van der Waals surface area contributed by atoms with Crippen LogP contribution in [0, 0.1) is 11.3 Å². The van der Waals surface area contributed by atoms with Gasteiger partial charge in [0.05, 0.1) is 24.3 Å². The zero-order chi connectivity index (χ0) is 15.5. The fraction of sp³-hybridized carbons (Fsp3) is 0.133. The van der Waals surface area contributed by atoms with E-state index in [0.717, 1.165) is 12.1 Å². The van der Waals surface area contributed by atoms with Crippen molar-refractivity contribution < 1.29 is 22.6 Å². The van der Waals surface area contributed by atoms with Crippen LogP contribution < -0.4 is 9.47 Å². The van der Waals surface area contributed by atoms with Gasteiger partial charge in [0, 0.05) is 0 Å². The van der Waals surface area contributed by atoms with Gasteiger partial charge in [-0.15, -0.1) is 0 Å². The highest BCUT2D eigenvalue weighted by Crippen LogP contribution is 2.35. The second-order valence-electron chi connectivity index (χ2n) is 4.09. The Morgan fingerprint density at radius 1 is 0.952 bits per heavy atom. The van der Waals surface area contributed by atoms with Crippen molar-refractivity contribution in [1.29, 1.82) is 5.26 Å². The fourth-order valence-corrected chi connectivity index (χ4v) is 1.70.